The van der Waals surface area contributed by atoms with Crippen LogP contribution in [-0.4, -0.2) is 11.4 Å². The van der Waals surface area contributed by atoms with Crippen LogP contribution in [0.2, 0.25) is 0 Å². The van der Waals surface area contributed by atoms with Gasteiger partial charge in [-0.1, -0.05) is 88.1 Å². The van der Waals surface area contributed by atoms with E-state index >= 15 is 0 Å². The zero-order chi connectivity index (χ0) is 17.6. The van der Waals surface area contributed by atoms with E-state index in [-0.39, 0.29) is 6.15 Å². The van der Waals surface area contributed by atoms with Crippen molar-refractivity contribution in [2.24, 2.45) is 0 Å². The highest BCUT2D eigenvalue weighted by atomic mass is 16.2. The molecule has 5 N–H and O–H groups in total. The predicted octanol–water partition coefficient (Wildman–Crippen LogP) is 6.63. The van der Waals surface area contributed by atoms with Gasteiger partial charge in [-0.25, -0.2) is 0 Å². The van der Waals surface area contributed by atoms with Crippen LogP contribution in [0.1, 0.15) is 71.1 Å². The van der Waals surface area contributed by atoms with Gasteiger partial charge in [0.15, 0.2) is 0 Å². The summed E-state index contributed by atoms with van der Waals surface area (Å²) in [6.07, 6.45) is 26.8. The fourth-order valence-electron chi connectivity index (χ4n) is 2.43. The molecule has 0 bridgehead atoms. The Morgan fingerprint density at radius 2 is 1.00 bits per heavy atom. The molecule has 0 amide bonds. The van der Waals surface area contributed by atoms with E-state index in [2.05, 4.69) is 59.7 Å². The number of allylic oxidation sites excluding steroid dienone is 4. The van der Waals surface area contributed by atoms with Crippen LogP contribution in [0.3, 0.4) is 0 Å². The third-order valence-corrected chi connectivity index (χ3v) is 3.66. The van der Waals surface area contributed by atoms with Crippen LogP contribution in [-0.2, 0) is 0 Å². The van der Waals surface area contributed by atoms with E-state index in [0.717, 1.165) is 6.54 Å². The summed E-state index contributed by atoms with van der Waals surface area (Å²) < 4.78 is 0. The molecule has 0 saturated carbocycles. The summed E-state index contributed by atoms with van der Waals surface area (Å²) in [6, 6.07) is 0. The third kappa shape index (κ3) is 20.2. The van der Waals surface area contributed by atoms with Crippen molar-refractivity contribution in [2.45, 2.75) is 71.1 Å². The second-order valence-corrected chi connectivity index (χ2v) is 5.49. The lowest BCUT2D eigenvalue weighted by Crippen LogP contribution is -2.10. The van der Waals surface area contributed by atoms with E-state index in [0.29, 0.717) is 0 Å². The minimum atomic E-state index is 0. The van der Waals surface area contributed by atoms with E-state index in [4.69, 9.17) is 9.81 Å². The van der Waals surface area contributed by atoms with Crippen molar-refractivity contribution in [2.75, 3.05) is 6.54 Å². The molecule has 0 aromatic heterocycles. The Hall–Kier alpha value is -1.82. The second kappa shape index (κ2) is 26.1. The highest BCUT2D eigenvalue weighted by molar-refractivity contribution is 5.15. The molecule has 0 aromatic rings. The maximum absolute atomic E-state index is 7.50. The summed E-state index contributed by atoms with van der Waals surface area (Å²) in [6.45, 7) is 3.44. The average Bonchev–Trinajstić information content (AvgIpc) is 2.89. The molecule has 6 heteroatoms. The van der Waals surface area contributed by atoms with Gasteiger partial charge in [0, 0.05) is 18.9 Å². The molecular weight excluding hydrogens is 304 g/mol. The van der Waals surface area contributed by atoms with Crippen molar-refractivity contribution >= 4 is 0 Å². The summed E-state index contributed by atoms with van der Waals surface area (Å²) >= 11 is 0. The Morgan fingerprint density at radius 1 is 0.625 bits per heavy atom. The Labute approximate surface area is 147 Å². The molecule has 0 saturated heterocycles. The summed E-state index contributed by atoms with van der Waals surface area (Å²) in [5.74, 6) is 0. The molecule has 6 nitrogen and oxygen atoms in total. The number of nitrogens with zero attached hydrogens (tertiary/aromatic N) is 1. The van der Waals surface area contributed by atoms with E-state index in [9.17, 15) is 0 Å². The Bertz CT molecular complexity index is 302. The van der Waals surface area contributed by atoms with Gasteiger partial charge in [0.05, 0.1) is 0 Å². The molecule has 1 heterocycles. The molecule has 0 aromatic carbocycles. The van der Waals surface area contributed by atoms with Gasteiger partial charge in [0.25, 0.3) is 0 Å². The first-order chi connectivity index (χ1) is 11.4. The van der Waals surface area contributed by atoms with Crippen molar-refractivity contribution < 1.29 is 0 Å². The lowest BCUT2D eigenvalue weighted by molar-refractivity contribution is 0.464. The summed E-state index contributed by atoms with van der Waals surface area (Å²) in [5, 5.41) is 0. The minimum absolute atomic E-state index is 0. The Balaban J connectivity index is -0.000000817. The zero-order valence-electron chi connectivity index (χ0n) is 15.2. The van der Waals surface area contributed by atoms with E-state index < -0.39 is 0 Å². The molecule has 1 aliphatic rings. The van der Waals surface area contributed by atoms with Crippen LogP contribution >= 0.6 is 0 Å². The second-order valence-electron chi connectivity index (χ2n) is 5.49. The number of unbranched alkanes of at least 4 members (excludes halogenated alkanes) is 9. The van der Waals surface area contributed by atoms with Crippen molar-refractivity contribution in [3.63, 3.8) is 0 Å². The first-order valence-corrected chi connectivity index (χ1v) is 8.61. The first-order valence-electron chi connectivity index (χ1n) is 8.61. The van der Waals surface area contributed by atoms with Gasteiger partial charge in [-0.2, -0.15) is 9.81 Å². The predicted molar refractivity (Wildman–Crippen MR) is 103 cm³/mol. The SMILES string of the molecule is CCCCCCCCCCCCN1C=CC=CC=C1.N.N=O.N=O. The molecule has 24 heavy (non-hydrogen) atoms. The van der Waals surface area contributed by atoms with E-state index in [1.54, 1.807) is 0 Å². The molecule has 0 radical (unpaired) electrons. The van der Waals surface area contributed by atoms with Gasteiger partial charge < -0.3 is 11.1 Å². The topological polar surface area (TPSA) is 120 Å². The van der Waals surface area contributed by atoms with Crippen molar-refractivity contribution in [1.29, 1.82) is 11.2 Å². The van der Waals surface area contributed by atoms with Crippen molar-refractivity contribution in [1.82, 2.24) is 11.1 Å². The third-order valence-electron chi connectivity index (χ3n) is 3.66. The smallest absolute Gasteiger partial charge is 0.0219 e. The zero-order valence-corrected chi connectivity index (χ0v) is 15.2. The van der Waals surface area contributed by atoms with Gasteiger partial charge in [-0.05, 0) is 18.6 Å². The molecule has 1 aliphatic heterocycles. The molecule has 1 rings (SSSR count). The number of nitrogens with one attached hydrogen (secondary N) is 2. The number of rotatable bonds is 11. The molecule has 0 fully saturated rings. The maximum Gasteiger partial charge on any atom is 0.0219 e. The number of nitroso groups, excluding NO2 is 2. The summed E-state index contributed by atoms with van der Waals surface area (Å²) in [4.78, 5) is 17.3. The van der Waals surface area contributed by atoms with Gasteiger partial charge in [-0.3, -0.25) is 0 Å². The highest BCUT2D eigenvalue weighted by Crippen LogP contribution is 2.11. The van der Waals surface area contributed by atoms with Crippen LogP contribution in [0, 0.1) is 21.0 Å². The molecule has 140 valence electrons. The maximum atomic E-state index is 7.50. The lowest BCUT2D eigenvalue weighted by Gasteiger charge is -2.14. The van der Waals surface area contributed by atoms with Crippen LogP contribution < -0.4 is 6.15 Å². The first kappa shape index (κ1) is 27.0. The van der Waals surface area contributed by atoms with Crippen molar-refractivity contribution in [3.8, 4) is 0 Å². The number of hydrogen-bond acceptors (Lipinski definition) is 6. The highest BCUT2D eigenvalue weighted by Gasteiger charge is 1.96. The molecule has 0 spiro atoms. The number of hydrogen-bond donors (Lipinski definition) is 3. The molecule has 0 atom stereocenters. The Morgan fingerprint density at radius 3 is 1.42 bits per heavy atom. The minimum Gasteiger partial charge on any atom is -0.354 e. The van der Waals surface area contributed by atoms with Crippen LogP contribution in [0.15, 0.2) is 36.7 Å². The molecule has 0 aliphatic carbocycles. The molecule has 0 unspecified atom stereocenters. The summed E-state index contributed by atoms with van der Waals surface area (Å²) in [7, 11) is 0. The van der Waals surface area contributed by atoms with E-state index in [1.165, 1.54) is 64.2 Å². The largest absolute Gasteiger partial charge is 0.354 e. The average molecular weight is 341 g/mol. The Kier molecular flexibility index (Phi) is 29.4. The standard InChI is InChI=1S/C18H31N.2HNO.H3N/c1-2-3-4-5-6-7-8-9-10-13-16-19-17-14-11-12-15-18-19;2*1-2;/h11-12,14-15,17-18H,2-10,13,16H2,1H3;2*1H;1H3. The summed E-state index contributed by atoms with van der Waals surface area (Å²) in [5.41, 5.74) is 9.00. The van der Waals surface area contributed by atoms with Crippen LogP contribution in [0.4, 0.5) is 0 Å². The van der Waals surface area contributed by atoms with Gasteiger partial charge in [0.2, 0.25) is 0 Å². The molecular formula is C18H36N4O2. The van der Waals surface area contributed by atoms with Gasteiger partial charge in [0.1, 0.15) is 0 Å². The quantitative estimate of drug-likeness (QED) is 0.288. The van der Waals surface area contributed by atoms with Gasteiger partial charge in [-0.15, -0.1) is 0 Å². The van der Waals surface area contributed by atoms with Crippen LogP contribution in [0.5, 0.6) is 0 Å². The lowest BCUT2D eigenvalue weighted by atomic mass is 10.1. The normalized spacial score (nSPS) is 11.5. The van der Waals surface area contributed by atoms with Crippen LogP contribution in [0.25, 0.3) is 0 Å². The fourth-order valence-corrected chi connectivity index (χ4v) is 2.43. The fraction of sp³-hybridized carbons (Fsp3) is 0.667. The van der Waals surface area contributed by atoms with E-state index in [1.807, 2.05) is 0 Å². The monoisotopic (exact) mass is 340 g/mol. The van der Waals surface area contributed by atoms with Crippen molar-refractivity contribution in [3.05, 3.63) is 46.5 Å². The van der Waals surface area contributed by atoms with Gasteiger partial charge >= 0.3 is 0 Å².